The van der Waals surface area contributed by atoms with E-state index in [9.17, 15) is 14.4 Å². The molecule has 0 saturated heterocycles. The molecule has 0 aliphatic heterocycles. The molecule has 0 saturated carbocycles. The number of hydrogen-bond donors (Lipinski definition) is 1. The van der Waals surface area contributed by atoms with Crippen molar-refractivity contribution in [3.63, 3.8) is 0 Å². The summed E-state index contributed by atoms with van der Waals surface area (Å²) in [5.74, 6) is -1.48. The van der Waals surface area contributed by atoms with Gasteiger partial charge in [-0.15, -0.1) is 0 Å². The second-order valence-corrected chi connectivity index (χ2v) is 5.87. The van der Waals surface area contributed by atoms with Crippen LogP contribution in [0.25, 0.3) is 0 Å². The molecule has 27 heavy (non-hydrogen) atoms. The number of amides is 1. The molecule has 0 fully saturated rings. The molecule has 0 radical (unpaired) electrons. The molecule has 7 heteroatoms. The minimum Gasteiger partial charge on any atom is -0.462 e. The molecule has 2 aromatic rings. The van der Waals surface area contributed by atoms with Crippen LogP contribution in [0.15, 0.2) is 48.5 Å². The van der Waals surface area contributed by atoms with Gasteiger partial charge in [0.05, 0.1) is 17.7 Å². The van der Waals surface area contributed by atoms with Crippen LogP contribution in [0.3, 0.4) is 0 Å². The number of anilines is 2. The van der Waals surface area contributed by atoms with Gasteiger partial charge in [0.2, 0.25) is 0 Å². The first-order valence-corrected chi connectivity index (χ1v) is 8.42. The molecule has 0 heterocycles. The Labute approximate surface area is 157 Å². The van der Waals surface area contributed by atoms with Gasteiger partial charge in [-0.2, -0.15) is 0 Å². The van der Waals surface area contributed by atoms with Crippen LogP contribution in [-0.4, -0.2) is 45.2 Å². The molecule has 0 bridgehead atoms. The van der Waals surface area contributed by atoms with Crippen molar-refractivity contribution in [3.05, 3.63) is 59.7 Å². The van der Waals surface area contributed by atoms with Gasteiger partial charge in [-0.3, -0.25) is 4.79 Å². The number of rotatable bonds is 7. The van der Waals surface area contributed by atoms with E-state index in [0.717, 1.165) is 5.69 Å². The number of nitrogens with zero attached hydrogens (tertiary/aromatic N) is 1. The number of carbonyl (C=O) groups is 3. The van der Waals surface area contributed by atoms with Gasteiger partial charge in [-0.1, -0.05) is 6.07 Å². The predicted octanol–water partition coefficient (Wildman–Crippen LogP) is 2.72. The second-order valence-electron chi connectivity index (χ2n) is 5.87. The maximum Gasteiger partial charge on any atom is 0.338 e. The minimum atomic E-state index is -0.577. The number of carbonyl (C=O) groups excluding carboxylic acids is 3. The molecule has 0 spiro atoms. The van der Waals surface area contributed by atoms with E-state index in [-0.39, 0.29) is 0 Å². The average Bonchev–Trinajstić information content (AvgIpc) is 2.67. The summed E-state index contributed by atoms with van der Waals surface area (Å²) in [5.41, 5.74) is 2.10. The molecule has 0 atom stereocenters. The SMILES string of the molecule is CCOC(=O)c1ccc(NC(=O)COC(=O)c2cccc(N(C)C)c2)cc1. The fourth-order valence-corrected chi connectivity index (χ4v) is 2.23. The molecule has 0 aliphatic rings. The lowest BCUT2D eigenvalue weighted by atomic mass is 10.2. The van der Waals surface area contributed by atoms with Crippen LogP contribution >= 0.6 is 0 Å². The Morgan fingerprint density at radius 1 is 0.926 bits per heavy atom. The van der Waals surface area contributed by atoms with E-state index in [1.54, 1.807) is 49.4 Å². The van der Waals surface area contributed by atoms with Crippen LogP contribution < -0.4 is 10.2 Å². The van der Waals surface area contributed by atoms with Crippen molar-refractivity contribution in [2.75, 3.05) is 37.5 Å². The normalized spacial score (nSPS) is 10.0. The third-order valence-corrected chi connectivity index (χ3v) is 3.61. The predicted molar refractivity (Wildman–Crippen MR) is 102 cm³/mol. The highest BCUT2D eigenvalue weighted by molar-refractivity contribution is 5.96. The van der Waals surface area contributed by atoms with Crippen LogP contribution in [-0.2, 0) is 14.3 Å². The molecular weight excluding hydrogens is 348 g/mol. The van der Waals surface area contributed by atoms with Gasteiger partial charge in [-0.05, 0) is 49.4 Å². The highest BCUT2D eigenvalue weighted by Gasteiger charge is 2.12. The summed E-state index contributed by atoms with van der Waals surface area (Å²) >= 11 is 0. The van der Waals surface area contributed by atoms with E-state index < -0.39 is 24.5 Å². The largest absolute Gasteiger partial charge is 0.462 e. The van der Waals surface area contributed by atoms with E-state index >= 15 is 0 Å². The summed E-state index contributed by atoms with van der Waals surface area (Å²) in [6, 6.07) is 13.2. The maximum absolute atomic E-state index is 12.1. The fourth-order valence-electron chi connectivity index (χ4n) is 2.23. The number of benzene rings is 2. The first-order chi connectivity index (χ1) is 12.9. The van der Waals surface area contributed by atoms with E-state index in [1.165, 1.54) is 0 Å². The van der Waals surface area contributed by atoms with Crippen LogP contribution in [0.2, 0.25) is 0 Å². The van der Waals surface area contributed by atoms with Gasteiger partial charge in [0.1, 0.15) is 0 Å². The molecule has 1 amide bonds. The molecule has 7 nitrogen and oxygen atoms in total. The van der Waals surface area contributed by atoms with E-state index in [2.05, 4.69) is 5.32 Å². The summed E-state index contributed by atoms with van der Waals surface area (Å²) in [7, 11) is 3.73. The molecular formula is C20H22N2O5. The molecule has 2 rings (SSSR count). The monoisotopic (exact) mass is 370 g/mol. The standard InChI is InChI=1S/C20H22N2O5/c1-4-26-19(24)14-8-10-16(11-9-14)21-18(23)13-27-20(25)15-6-5-7-17(12-15)22(2)3/h5-12H,4,13H2,1-3H3,(H,21,23). The Morgan fingerprint density at radius 3 is 2.22 bits per heavy atom. The van der Waals surface area contributed by atoms with Crippen LogP contribution in [0.4, 0.5) is 11.4 Å². The maximum atomic E-state index is 12.1. The number of hydrogen-bond acceptors (Lipinski definition) is 6. The van der Waals surface area contributed by atoms with Gasteiger partial charge in [0.15, 0.2) is 6.61 Å². The zero-order valence-electron chi connectivity index (χ0n) is 15.5. The first kappa shape index (κ1) is 20.0. The van der Waals surface area contributed by atoms with Crippen LogP contribution in [0.1, 0.15) is 27.6 Å². The van der Waals surface area contributed by atoms with Crippen LogP contribution in [0.5, 0.6) is 0 Å². The molecule has 142 valence electrons. The molecule has 1 N–H and O–H groups in total. The minimum absolute atomic E-state index is 0.292. The average molecular weight is 370 g/mol. The van der Waals surface area contributed by atoms with Crippen molar-refractivity contribution in [2.24, 2.45) is 0 Å². The molecule has 2 aromatic carbocycles. The smallest absolute Gasteiger partial charge is 0.338 e. The Bertz CT molecular complexity index is 815. The lowest BCUT2D eigenvalue weighted by Crippen LogP contribution is -2.21. The second kappa shape index (κ2) is 9.38. The Morgan fingerprint density at radius 2 is 1.59 bits per heavy atom. The van der Waals surface area contributed by atoms with Gasteiger partial charge in [0, 0.05) is 25.5 Å². The highest BCUT2D eigenvalue weighted by Crippen LogP contribution is 2.14. The molecule has 0 aliphatic carbocycles. The van der Waals surface area contributed by atoms with Gasteiger partial charge >= 0.3 is 11.9 Å². The lowest BCUT2D eigenvalue weighted by Gasteiger charge is -2.13. The summed E-state index contributed by atoms with van der Waals surface area (Å²) in [6.07, 6.45) is 0. The van der Waals surface area contributed by atoms with Crippen molar-refractivity contribution in [1.29, 1.82) is 0 Å². The van der Waals surface area contributed by atoms with Gasteiger partial charge in [-0.25, -0.2) is 9.59 Å². The highest BCUT2D eigenvalue weighted by atomic mass is 16.5. The Kier molecular flexibility index (Phi) is 6.93. The quantitative estimate of drug-likeness (QED) is 0.755. The first-order valence-electron chi connectivity index (χ1n) is 8.42. The third-order valence-electron chi connectivity index (χ3n) is 3.61. The van der Waals surface area contributed by atoms with E-state index in [4.69, 9.17) is 9.47 Å². The summed E-state index contributed by atoms with van der Waals surface area (Å²) in [5, 5.41) is 2.60. The van der Waals surface area contributed by atoms with Crippen molar-refractivity contribution < 1.29 is 23.9 Å². The van der Waals surface area contributed by atoms with Crippen LogP contribution in [0, 0.1) is 0 Å². The molecule has 0 unspecified atom stereocenters. The summed E-state index contributed by atoms with van der Waals surface area (Å²) in [6.45, 7) is 1.61. The topological polar surface area (TPSA) is 84.9 Å². The summed E-state index contributed by atoms with van der Waals surface area (Å²) in [4.78, 5) is 37.5. The molecule has 0 aromatic heterocycles. The third kappa shape index (κ3) is 5.85. The Balaban J connectivity index is 1.88. The zero-order valence-corrected chi connectivity index (χ0v) is 15.5. The van der Waals surface area contributed by atoms with Gasteiger partial charge in [0.25, 0.3) is 5.91 Å². The van der Waals surface area contributed by atoms with Crippen molar-refractivity contribution in [3.8, 4) is 0 Å². The lowest BCUT2D eigenvalue weighted by molar-refractivity contribution is -0.119. The summed E-state index contributed by atoms with van der Waals surface area (Å²) < 4.78 is 9.94. The van der Waals surface area contributed by atoms with Gasteiger partial charge < -0.3 is 19.7 Å². The Hall–Kier alpha value is -3.35. The van der Waals surface area contributed by atoms with Crippen molar-refractivity contribution >= 4 is 29.2 Å². The van der Waals surface area contributed by atoms with E-state index in [1.807, 2.05) is 25.1 Å². The zero-order chi connectivity index (χ0) is 19.8. The fraction of sp³-hybridized carbons (Fsp3) is 0.250. The van der Waals surface area contributed by atoms with Crippen molar-refractivity contribution in [2.45, 2.75) is 6.92 Å². The number of ether oxygens (including phenoxy) is 2. The van der Waals surface area contributed by atoms with Crippen molar-refractivity contribution in [1.82, 2.24) is 0 Å². The number of nitrogens with one attached hydrogen (secondary N) is 1. The van der Waals surface area contributed by atoms with E-state index in [0.29, 0.717) is 23.4 Å². The number of esters is 2.